The fraction of sp³-hybridized carbons (Fsp3) is 0.273. The standard InChI is InChI=1S/C33H36Cl2N6O3/c1-39(2)33(42)41-16-14-40(15-17-41)21-22-12-13-29(36-20-22)37-24-9-7-8-23(18-24)25-10-5-6-11-26(25)38-32-30(34)27(43-3)19-28(44-4)31(32)35/h5-13,18-20,38H,14-17,21H2,1-4H3,(H,36,37). The minimum absolute atomic E-state index is 0.0666. The smallest absolute Gasteiger partial charge is 0.319 e. The topological polar surface area (TPSA) is 82.2 Å². The number of anilines is 4. The lowest BCUT2D eigenvalue weighted by Gasteiger charge is -2.35. The van der Waals surface area contributed by atoms with E-state index < -0.39 is 0 Å². The highest BCUT2D eigenvalue weighted by Gasteiger charge is 2.22. The zero-order chi connectivity index (χ0) is 31.2. The first-order chi connectivity index (χ1) is 21.3. The van der Waals surface area contributed by atoms with Crippen LogP contribution in [0.3, 0.4) is 0 Å². The van der Waals surface area contributed by atoms with Crippen molar-refractivity contribution in [2.75, 3.05) is 65.1 Å². The Kier molecular flexibility index (Phi) is 9.99. The quantitative estimate of drug-likeness (QED) is 0.199. The van der Waals surface area contributed by atoms with E-state index in [4.69, 9.17) is 32.7 Å². The Bertz CT molecular complexity index is 1580. The summed E-state index contributed by atoms with van der Waals surface area (Å²) < 4.78 is 10.9. The van der Waals surface area contributed by atoms with Crippen molar-refractivity contribution in [3.63, 3.8) is 0 Å². The van der Waals surface area contributed by atoms with Gasteiger partial charge in [0, 0.05) is 76.0 Å². The number of nitrogens with zero attached hydrogens (tertiary/aromatic N) is 4. The van der Waals surface area contributed by atoms with E-state index >= 15 is 0 Å². The van der Waals surface area contributed by atoms with Gasteiger partial charge in [-0.3, -0.25) is 4.90 Å². The molecule has 3 aromatic carbocycles. The molecule has 2 heterocycles. The largest absolute Gasteiger partial charge is 0.495 e. The number of aromatic nitrogens is 1. The molecule has 1 fully saturated rings. The second kappa shape index (κ2) is 14.1. The fourth-order valence-electron chi connectivity index (χ4n) is 5.12. The van der Waals surface area contributed by atoms with E-state index in [9.17, 15) is 4.79 Å². The Morgan fingerprint density at radius 3 is 2.23 bits per heavy atom. The molecule has 0 aliphatic carbocycles. The molecule has 230 valence electrons. The molecule has 0 radical (unpaired) electrons. The molecule has 0 unspecified atom stereocenters. The average molecular weight is 636 g/mol. The number of carbonyl (C=O) groups is 1. The van der Waals surface area contributed by atoms with Crippen molar-refractivity contribution >= 4 is 52.1 Å². The highest BCUT2D eigenvalue weighted by molar-refractivity contribution is 6.41. The van der Waals surface area contributed by atoms with Crippen LogP contribution in [0.2, 0.25) is 10.0 Å². The van der Waals surface area contributed by atoms with Gasteiger partial charge < -0.3 is 29.9 Å². The molecule has 0 bridgehead atoms. The number of piperazine rings is 1. The first-order valence-electron chi connectivity index (χ1n) is 14.2. The molecule has 44 heavy (non-hydrogen) atoms. The monoisotopic (exact) mass is 634 g/mol. The van der Waals surface area contributed by atoms with Crippen LogP contribution in [0.4, 0.5) is 27.7 Å². The third-order valence-electron chi connectivity index (χ3n) is 7.46. The number of hydrogen-bond acceptors (Lipinski definition) is 7. The van der Waals surface area contributed by atoms with Gasteiger partial charge in [0.05, 0.1) is 19.9 Å². The predicted molar refractivity (Wildman–Crippen MR) is 178 cm³/mol. The van der Waals surface area contributed by atoms with Crippen molar-refractivity contribution in [3.8, 4) is 22.6 Å². The third kappa shape index (κ3) is 7.13. The predicted octanol–water partition coefficient (Wildman–Crippen LogP) is 7.36. The van der Waals surface area contributed by atoms with Crippen molar-refractivity contribution < 1.29 is 14.3 Å². The zero-order valence-electron chi connectivity index (χ0n) is 25.2. The molecule has 2 N–H and O–H groups in total. The van der Waals surface area contributed by atoms with E-state index in [2.05, 4.69) is 32.7 Å². The van der Waals surface area contributed by atoms with Gasteiger partial charge in [-0.1, -0.05) is 59.6 Å². The molecule has 1 aliphatic rings. The lowest BCUT2D eigenvalue weighted by molar-refractivity contribution is 0.120. The van der Waals surface area contributed by atoms with Gasteiger partial charge in [0.1, 0.15) is 27.4 Å². The lowest BCUT2D eigenvalue weighted by atomic mass is 10.0. The summed E-state index contributed by atoms with van der Waals surface area (Å²) in [5.74, 6) is 1.66. The van der Waals surface area contributed by atoms with E-state index in [-0.39, 0.29) is 6.03 Å². The summed E-state index contributed by atoms with van der Waals surface area (Å²) in [4.78, 5) is 22.7. The minimum atomic E-state index is 0.0666. The summed E-state index contributed by atoms with van der Waals surface area (Å²) in [6.45, 7) is 3.93. The number of halogens is 2. The Labute approximate surface area is 268 Å². The molecular formula is C33H36Cl2N6O3. The molecule has 1 aliphatic heterocycles. The van der Waals surface area contributed by atoms with E-state index in [0.717, 1.165) is 66.6 Å². The van der Waals surface area contributed by atoms with Crippen LogP contribution < -0.4 is 20.1 Å². The molecule has 2 amide bonds. The first-order valence-corrected chi connectivity index (χ1v) is 15.0. The minimum Gasteiger partial charge on any atom is -0.495 e. The normalized spacial score (nSPS) is 13.4. The van der Waals surface area contributed by atoms with Gasteiger partial charge in [0.15, 0.2) is 0 Å². The van der Waals surface area contributed by atoms with Gasteiger partial charge in [0.2, 0.25) is 0 Å². The van der Waals surface area contributed by atoms with Crippen molar-refractivity contribution in [3.05, 3.63) is 88.5 Å². The Hall–Kier alpha value is -4.18. The Morgan fingerprint density at radius 1 is 0.886 bits per heavy atom. The van der Waals surface area contributed by atoms with Gasteiger partial charge in [-0.2, -0.15) is 0 Å². The number of hydrogen-bond donors (Lipinski definition) is 2. The van der Waals surface area contributed by atoms with Crippen LogP contribution in [0.25, 0.3) is 11.1 Å². The van der Waals surface area contributed by atoms with Crippen molar-refractivity contribution in [1.82, 2.24) is 19.7 Å². The number of para-hydroxylation sites is 1. The summed E-state index contributed by atoms with van der Waals surface area (Å²) in [7, 11) is 6.67. The van der Waals surface area contributed by atoms with Crippen molar-refractivity contribution in [2.45, 2.75) is 6.54 Å². The maximum atomic E-state index is 12.2. The van der Waals surface area contributed by atoms with Gasteiger partial charge in [-0.15, -0.1) is 0 Å². The van der Waals surface area contributed by atoms with Crippen LogP contribution >= 0.6 is 23.2 Å². The van der Waals surface area contributed by atoms with E-state index in [1.54, 1.807) is 39.3 Å². The molecule has 0 atom stereocenters. The number of amides is 2. The molecule has 5 rings (SSSR count). The maximum absolute atomic E-state index is 12.2. The van der Waals surface area contributed by atoms with Crippen LogP contribution in [0.1, 0.15) is 5.56 Å². The molecule has 0 spiro atoms. The molecule has 4 aromatic rings. The average Bonchev–Trinajstić information content (AvgIpc) is 3.04. The van der Waals surface area contributed by atoms with E-state index in [0.29, 0.717) is 27.2 Å². The number of ether oxygens (including phenoxy) is 2. The number of rotatable bonds is 9. The number of benzene rings is 3. The molecule has 1 saturated heterocycles. The summed E-state index contributed by atoms with van der Waals surface area (Å²) in [6.07, 6.45) is 1.90. The SMILES string of the molecule is COc1cc(OC)c(Cl)c(Nc2ccccc2-c2cccc(Nc3ccc(CN4CCN(C(=O)N(C)C)CC4)cn3)c2)c1Cl. The number of methoxy groups -OCH3 is 2. The summed E-state index contributed by atoms with van der Waals surface area (Å²) in [5.41, 5.74) is 5.30. The van der Waals surface area contributed by atoms with Gasteiger partial charge >= 0.3 is 6.03 Å². The van der Waals surface area contributed by atoms with Crippen LogP contribution in [0.5, 0.6) is 11.5 Å². The highest BCUT2D eigenvalue weighted by atomic mass is 35.5. The van der Waals surface area contributed by atoms with Crippen molar-refractivity contribution in [2.24, 2.45) is 0 Å². The summed E-state index contributed by atoms with van der Waals surface area (Å²) in [5, 5.41) is 7.54. The van der Waals surface area contributed by atoms with Gasteiger partial charge in [-0.05, 0) is 35.4 Å². The second-order valence-corrected chi connectivity index (χ2v) is 11.4. The van der Waals surface area contributed by atoms with Crippen molar-refractivity contribution in [1.29, 1.82) is 0 Å². The highest BCUT2D eigenvalue weighted by Crippen LogP contribution is 2.46. The lowest BCUT2D eigenvalue weighted by Crippen LogP contribution is -2.51. The summed E-state index contributed by atoms with van der Waals surface area (Å²) >= 11 is 13.3. The molecular weight excluding hydrogens is 599 g/mol. The number of nitrogens with one attached hydrogen (secondary N) is 2. The molecule has 11 heteroatoms. The van der Waals surface area contributed by atoms with E-state index in [1.807, 2.05) is 59.6 Å². The van der Waals surface area contributed by atoms with Crippen LogP contribution in [0.15, 0.2) is 72.9 Å². The van der Waals surface area contributed by atoms with Crippen LogP contribution in [-0.2, 0) is 6.54 Å². The summed E-state index contributed by atoms with van der Waals surface area (Å²) in [6, 6.07) is 21.8. The first kappa shape index (κ1) is 31.3. The number of urea groups is 1. The maximum Gasteiger partial charge on any atom is 0.319 e. The Balaban J connectivity index is 1.28. The number of carbonyl (C=O) groups excluding carboxylic acids is 1. The van der Waals surface area contributed by atoms with Crippen LogP contribution in [-0.4, -0.2) is 80.2 Å². The molecule has 9 nitrogen and oxygen atoms in total. The Morgan fingerprint density at radius 2 is 1.59 bits per heavy atom. The second-order valence-electron chi connectivity index (χ2n) is 10.7. The molecule has 0 saturated carbocycles. The zero-order valence-corrected chi connectivity index (χ0v) is 26.7. The molecule has 1 aromatic heterocycles. The van der Waals surface area contributed by atoms with Gasteiger partial charge in [0.25, 0.3) is 0 Å². The van der Waals surface area contributed by atoms with Gasteiger partial charge in [-0.25, -0.2) is 9.78 Å². The fourth-order valence-corrected chi connectivity index (χ4v) is 5.71. The van der Waals surface area contributed by atoms with Crippen LogP contribution in [0, 0.1) is 0 Å². The number of pyridine rings is 1. The van der Waals surface area contributed by atoms with E-state index in [1.165, 1.54) is 0 Å². The third-order valence-corrected chi connectivity index (χ3v) is 8.21.